The maximum atomic E-state index is 14.0. The molecule has 4 nitrogen and oxygen atoms in total. The van der Waals surface area contributed by atoms with Crippen molar-refractivity contribution in [3.63, 3.8) is 0 Å². The second-order valence-corrected chi connectivity index (χ2v) is 7.25. The smallest absolute Gasteiger partial charge is 0.417 e. The second-order valence-electron chi connectivity index (χ2n) is 7.25. The van der Waals surface area contributed by atoms with Crippen molar-refractivity contribution in [1.82, 2.24) is 14.8 Å². The molecule has 30 heavy (non-hydrogen) atoms. The van der Waals surface area contributed by atoms with Crippen molar-refractivity contribution in [3.05, 3.63) is 70.9 Å². The first kappa shape index (κ1) is 19.9. The molecule has 0 bridgehead atoms. The summed E-state index contributed by atoms with van der Waals surface area (Å²) in [6.07, 6.45) is -4.53. The van der Waals surface area contributed by atoms with Crippen LogP contribution < -0.4 is 4.74 Å². The minimum atomic E-state index is -4.53. The molecule has 0 saturated carbocycles. The van der Waals surface area contributed by atoms with Crippen LogP contribution in [0.1, 0.15) is 22.4 Å². The monoisotopic (exact) mass is 411 g/mol. The van der Waals surface area contributed by atoms with Crippen LogP contribution in [-0.2, 0) is 6.18 Å². The second kappa shape index (κ2) is 7.16. The van der Waals surface area contributed by atoms with E-state index in [1.807, 2.05) is 26.0 Å². The molecule has 0 N–H and O–H groups in total. The summed E-state index contributed by atoms with van der Waals surface area (Å²) in [4.78, 5) is 4.60. The molecule has 4 rings (SSSR count). The van der Waals surface area contributed by atoms with E-state index in [4.69, 9.17) is 4.74 Å². The molecular weight excluding hydrogens is 391 g/mol. The zero-order chi connectivity index (χ0) is 21.6. The fraction of sp³-hybridized carbons (Fsp3) is 0.217. The van der Waals surface area contributed by atoms with Crippen molar-refractivity contribution < 1.29 is 17.9 Å². The van der Waals surface area contributed by atoms with Crippen LogP contribution in [-0.4, -0.2) is 21.9 Å². The molecule has 154 valence electrons. The molecule has 0 amide bonds. The molecule has 0 unspecified atom stereocenters. The lowest BCUT2D eigenvalue weighted by molar-refractivity contribution is -0.136. The molecule has 0 fully saturated rings. The SMILES string of the molecule is COc1ccc(-n2nc(C)c3c(C(F)(F)F)cc(-c4ccc(C)c(C)c4)nc32)cc1. The Labute approximate surface area is 171 Å². The minimum absolute atomic E-state index is 0.00546. The van der Waals surface area contributed by atoms with Gasteiger partial charge in [-0.05, 0) is 68.3 Å². The van der Waals surface area contributed by atoms with Crippen LogP contribution in [0.4, 0.5) is 13.2 Å². The summed E-state index contributed by atoms with van der Waals surface area (Å²) in [5.74, 6) is 0.645. The molecule has 2 aromatic heterocycles. The number of alkyl halides is 3. The highest BCUT2D eigenvalue weighted by Gasteiger charge is 2.35. The summed E-state index contributed by atoms with van der Waals surface area (Å²) in [6.45, 7) is 5.45. The van der Waals surface area contributed by atoms with Crippen molar-refractivity contribution in [1.29, 1.82) is 0 Å². The Balaban J connectivity index is 2.02. The van der Waals surface area contributed by atoms with Crippen LogP contribution >= 0.6 is 0 Å². The average molecular weight is 411 g/mol. The molecule has 0 saturated heterocycles. The number of benzene rings is 2. The third-order valence-electron chi connectivity index (χ3n) is 5.24. The summed E-state index contributed by atoms with van der Waals surface area (Å²) < 4.78 is 48.5. The summed E-state index contributed by atoms with van der Waals surface area (Å²) in [5, 5.41) is 4.37. The number of hydrogen-bond donors (Lipinski definition) is 0. The van der Waals surface area contributed by atoms with Crippen LogP contribution in [0.2, 0.25) is 0 Å². The van der Waals surface area contributed by atoms with Crippen molar-refractivity contribution in [2.24, 2.45) is 0 Å². The van der Waals surface area contributed by atoms with Gasteiger partial charge in [0.2, 0.25) is 0 Å². The summed E-state index contributed by atoms with van der Waals surface area (Å²) in [5.41, 5.74) is 3.24. The number of fused-ring (bicyclic) bond motifs is 1. The summed E-state index contributed by atoms with van der Waals surface area (Å²) in [7, 11) is 1.55. The Morgan fingerprint density at radius 3 is 2.20 bits per heavy atom. The van der Waals surface area contributed by atoms with Gasteiger partial charge in [0.1, 0.15) is 5.75 Å². The normalized spacial score (nSPS) is 11.8. The van der Waals surface area contributed by atoms with Crippen molar-refractivity contribution in [2.45, 2.75) is 26.9 Å². The van der Waals surface area contributed by atoms with E-state index in [0.717, 1.165) is 17.2 Å². The van der Waals surface area contributed by atoms with Gasteiger partial charge in [0.25, 0.3) is 0 Å². The van der Waals surface area contributed by atoms with Gasteiger partial charge in [-0.25, -0.2) is 9.67 Å². The van der Waals surface area contributed by atoms with E-state index in [0.29, 0.717) is 17.0 Å². The largest absolute Gasteiger partial charge is 0.497 e. The molecule has 2 aromatic carbocycles. The predicted octanol–water partition coefficient (Wildman–Crippen LogP) is 6.04. The maximum absolute atomic E-state index is 14.0. The lowest BCUT2D eigenvalue weighted by Gasteiger charge is -2.12. The predicted molar refractivity (Wildman–Crippen MR) is 110 cm³/mol. The van der Waals surface area contributed by atoms with Crippen LogP contribution in [0.5, 0.6) is 5.75 Å². The first-order valence-corrected chi connectivity index (χ1v) is 9.38. The minimum Gasteiger partial charge on any atom is -0.497 e. The molecule has 2 heterocycles. The van der Waals surface area contributed by atoms with Crippen molar-refractivity contribution in [3.8, 4) is 22.7 Å². The van der Waals surface area contributed by atoms with Crippen molar-refractivity contribution in [2.75, 3.05) is 7.11 Å². The maximum Gasteiger partial charge on any atom is 0.417 e. The summed E-state index contributed by atoms with van der Waals surface area (Å²) in [6, 6.07) is 13.6. The van der Waals surface area contributed by atoms with E-state index in [2.05, 4.69) is 10.1 Å². The Bertz CT molecular complexity index is 1240. The van der Waals surface area contributed by atoms with Gasteiger partial charge < -0.3 is 4.74 Å². The Morgan fingerprint density at radius 1 is 0.900 bits per heavy atom. The molecule has 0 spiro atoms. The molecule has 4 aromatic rings. The first-order chi connectivity index (χ1) is 14.2. The van der Waals surface area contributed by atoms with E-state index < -0.39 is 11.7 Å². The zero-order valence-electron chi connectivity index (χ0n) is 17.0. The average Bonchev–Trinajstić information content (AvgIpc) is 3.05. The lowest BCUT2D eigenvalue weighted by Crippen LogP contribution is -2.08. The third kappa shape index (κ3) is 3.40. The highest BCUT2D eigenvalue weighted by Crippen LogP contribution is 2.39. The molecule has 7 heteroatoms. The topological polar surface area (TPSA) is 39.9 Å². The number of nitrogens with zero attached hydrogens (tertiary/aromatic N) is 3. The van der Waals surface area contributed by atoms with Crippen LogP contribution in [0.3, 0.4) is 0 Å². The molecule has 0 aliphatic carbocycles. The van der Waals surface area contributed by atoms with Crippen LogP contribution in [0, 0.1) is 20.8 Å². The van der Waals surface area contributed by atoms with Crippen molar-refractivity contribution >= 4 is 11.0 Å². The number of aryl methyl sites for hydroxylation is 3. The van der Waals surface area contributed by atoms with Gasteiger partial charge >= 0.3 is 6.18 Å². The first-order valence-electron chi connectivity index (χ1n) is 9.38. The van der Waals surface area contributed by atoms with Crippen LogP contribution in [0.15, 0.2) is 48.5 Å². The Kier molecular flexibility index (Phi) is 4.76. The molecule has 0 aliphatic heterocycles. The van der Waals surface area contributed by atoms with Gasteiger partial charge in [0.15, 0.2) is 5.65 Å². The highest BCUT2D eigenvalue weighted by molar-refractivity contribution is 5.87. The van der Waals surface area contributed by atoms with Crippen LogP contribution in [0.25, 0.3) is 28.0 Å². The third-order valence-corrected chi connectivity index (χ3v) is 5.24. The highest BCUT2D eigenvalue weighted by atomic mass is 19.4. The fourth-order valence-corrected chi connectivity index (χ4v) is 3.46. The molecule has 0 aliphatic rings. The van der Waals surface area contributed by atoms with Gasteiger partial charge in [0, 0.05) is 5.56 Å². The number of pyridine rings is 1. The van der Waals surface area contributed by atoms with E-state index in [1.165, 1.54) is 4.68 Å². The quantitative estimate of drug-likeness (QED) is 0.413. The Morgan fingerprint density at radius 2 is 1.60 bits per heavy atom. The van der Waals surface area contributed by atoms with Gasteiger partial charge in [-0.15, -0.1) is 0 Å². The molecule has 0 radical (unpaired) electrons. The molecular formula is C23H20F3N3O. The number of hydrogen-bond acceptors (Lipinski definition) is 3. The van der Waals surface area contributed by atoms with Gasteiger partial charge in [-0.1, -0.05) is 12.1 Å². The number of halogens is 3. The Hall–Kier alpha value is -3.35. The fourth-order valence-electron chi connectivity index (χ4n) is 3.46. The standard InChI is InChI=1S/C23H20F3N3O/c1-13-5-6-16(11-14(13)2)20-12-19(23(24,25)26)21-15(3)28-29(22(21)27-20)17-7-9-18(30-4)10-8-17/h5-12H,1-4H3. The van der Waals surface area contributed by atoms with Gasteiger partial charge in [-0.3, -0.25) is 0 Å². The number of aromatic nitrogens is 3. The number of methoxy groups -OCH3 is 1. The zero-order valence-corrected chi connectivity index (χ0v) is 17.0. The number of rotatable bonds is 3. The molecule has 0 atom stereocenters. The lowest BCUT2D eigenvalue weighted by atomic mass is 10.0. The van der Waals surface area contributed by atoms with Gasteiger partial charge in [0.05, 0.1) is 35.1 Å². The number of ether oxygens (including phenoxy) is 1. The van der Waals surface area contributed by atoms with E-state index >= 15 is 0 Å². The van der Waals surface area contributed by atoms with Gasteiger partial charge in [-0.2, -0.15) is 18.3 Å². The van der Waals surface area contributed by atoms with E-state index in [9.17, 15) is 13.2 Å². The van der Waals surface area contributed by atoms with E-state index in [1.54, 1.807) is 44.4 Å². The van der Waals surface area contributed by atoms with E-state index in [-0.39, 0.29) is 22.4 Å². The summed E-state index contributed by atoms with van der Waals surface area (Å²) >= 11 is 0.